The lowest BCUT2D eigenvalue weighted by Crippen LogP contribution is -2.45. The average molecular weight is 306 g/mol. The van der Waals surface area contributed by atoms with E-state index in [9.17, 15) is 9.59 Å². The first-order chi connectivity index (χ1) is 10.5. The van der Waals surface area contributed by atoms with Gasteiger partial charge in [0.05, 0.1) is 32.9 Å². The summed E-state index contributed by atoms with van der Waals surface area (Å²) in [6, 6.07) is 4.16. The lowest BCUT2D eigenvalue weighted by molar-refractivity contribution is -0.136. The second-order valence-corrected chi connectivity index (χ2v) is 4.64. The molecule has 2 amide bonds. The summed E-state index contributed by atoms with van der Waals surface area (Å²) >= 11 is 0. The van der Waals surface area contributed by atoms with Crippen LogP contribution >= 0.6 is 0 Å². The molecule has 0 saturated heterocycles. The van der Waals surface area contributed by atoms with Gasteiger partial charge in [-0.15, -0.1) is 0 Å². The Morgan fingerprint density at radius 3 is 2.50 bits per heavy atom. The second-order valence-electron chi connectivity index (χ2n) is 4.64. The molecule has 7 heteroatoms. The van der Waals surface area contributed by atoms with Crippen molar-refractivity contribution < 1.29 is 23.8 Å². The van der Waals surface area contributed by atoms with E-state index >= 15 is 0 Å². The van der Waals surface area contributed by atoms with Crippen LogP contribution in [0.15, 0.2) is 29.5 Å². The van der Waals surface area contributed by atoms with Gasteiger partial charge in [0.1, 0.15) is 0 Å². The number of carbonyl (C=O) groups excluding carboxylic acids is 2. The van der Waals surface area contributed by atoms with Crippen LogP contribution < -0.4 is 20.1 Å². The van der Waals surface area contributed by atoms with Crippen LogP contribution in [0.5, 0.6) is 11.5 Å². The highest BCUT2D eigenvalue weighted by Gasteiger charge is 2.34. The van der Waals surface area contributed by atoms with E-state index < -0.39 is 18.0 Å². The molecule has 0 aliphatic carbocycles. The third-order valence-electron chi connectivity index (χ3n) is 3.42. The first-order valence-corrected chi connectivity index (χ1v) is 6.61. The van der Waals surface area contributed by atoms with Crippen LogP contribution in [0.3, 0.4) is 0 Å². The van der Waals surface area contributed by atoms with Crippen molar-refractivity contribution in [1.82, 2.24) is 10.6 Å². The van der Waals surface area contributed by atoms with Gasteiger partial charge >= 0.3 is 12.0 Å². The van der Waals surface area contributed by atoms with Crippen molar-refractivity contribution >= 4 is 12.0 Å². The molecule has 0 spiro atoms. The minimum Gasteiger partial charge on any atom is -0.493 e. The van der Waals surface area contributed by atoms with E-state index in [1.165, 1.54) is 21.3 Å². The predicted molar refractivity (Wildman–Crippen MR) is 78.7 cm³/mol. The van der Waals surface area contributed by atoms with Gasteiger partial charge in [0.2, 0.25) is 0 Å². The summed E-state index contributed by atoms with van der Waals surface area (Å²) < 4.78 is 15.5. The number of methoxy groups -OCH3 is 3. The van der Waals surface area contributed by atoms with Crippen LogP contribution in [-0.2, 0) is 9.53 Å². The molecule has 1 unspecified atom stereocenters. The Morgan fingerprint density at radius 2 is 1.91 bits per heavy atom. The quantitative estimate of drug-likeness (QED) is 0.823. The molecular formula is C15H18N2O5. The first kappa shape index (κ1) is 15.7. The molecule has 0 bridgehead atoms. The highest BCUT2D eigenvalue weighted by Crippen LogP contribution is 2.38. The summed E-state index contributed by atoms with van der Waals surface area (Å²) in [5, 5.41) is 5.28. The van der Waals surface area contributed by atoms with Gasteiger partial charge in [-0.25, -0.2) is 9.59 Å². The number of ether oxygens (including phenoxy) is 3. The topological polar surface area (TPSA) is 85.9 Å². The zero-order valence-corrected chi connectivity index (χ0v) is 12.9. The molecule has 1 heterocycles. The Hall–Kier alpha value is -2.70. The highest BCUT2D eigenvalue weighted by molar-refractivity contribution is 5.95. The third kappa shape index (κ3) is 2.69. The van der Waals surface area contributed by atoms with Crippen molar-refractivity contribution in [2.75, 3.05) is 21.3 Å². The van der Waals surface area contributed by atoms with Crippen LogP contribution in [0.1, 0.15) is 18.5 Å². The van der Waals surface area contributed by atoms with Gasteiger partial charge in [-0.3, -0.25) is 0 Å². The van der Waals surface area contributed by atoms with Crippen molar-refractivity contribution in [1.29, 1.82) is 0 Å². The van der Waals surface area contributed by atoms with Crippen molar-refractivity contribution in [2.45, 2.75) is 13.0 Å². The van der Waals surface area contributed by atoms with Gasteiger partial charge in [-0.05, 0) is 13.0 Å². The number of hydrogen-bond acceptors (Lipinski definition) is 5. The fourth-order valence-corrected chi connectivity index (χ4v) is 2.45. The number of amides is 2. The van der Waals surface area contributed by atoms with Crippen molar-refractivity contribution in [3.8, 4) is 11.5 Å². The maximum absolute atomic E-state index is 12.1. The van der Waals surface area contributed by atoms with E-state index in [1.807, 2.05) is 0 Å². The minimum absolute atomic E-state index is 0.314. The molecule has 0 radical (unpaired) electrons. The largest absolute Gasteiger partial charge is 0.493 e. The van der Waals surface area contributed by atoms with E-state index in [0.29, 0.717) is 28.3 Å². The fraction of sp³-hybridized carbons (Fsp3) is 0.333. The van der Waals surface area contributed by atoms with E-state index in [-0.39, 0.29) is 0 Å². The molecule has 7 nitrogen and oxygen atoms in total. The molecule has 0 saturated carbocycles. The van der Waals surface area contributed by atoms with Gasteiger partial charge in [-0.2, -0.15) is 0 Å². The molecule has 1 atom stereocenters. The lowest BCUT2D eigenvalue weighted by atomic mass is 9.94. The van der Waals surface area contributed by atoms with Gasteiger partial charge < -0.3 is 24.8 Å². The SMILES string of the molecule is COC(=O)C1=C(C)NC(=O)NC1c1cccc(OC)c1OC. The third-order valence-corrected chi connectivity index (χ3v) is 3.42. The lowest BCUT2D eigenvalue weighted by Gasteiger charge is -2.29. The molecule has 0 fully saturated rings. The fourth-order valence-electron chi connectivity index (χ4n) is 2.45. The number of hydrogen-bond donors (Lipinski definition) is 2. The Balaban J connectivity index is 2.60. The molecule has 1 aromatic carbocycles. The maximum Gasteiger partial charge on any atom is 0.337 e. The van der Waals surface area contributed by atoms with E-state index in [2.05, 4.69) is 10.6 Å². The van der Waals surface area contributed by atoms with Gasteiger partial charge in [0, 0.05) is 11.3 Å². The van der Waals surface area contributed by atoms with E-state index in [1.54, 1.807) is 25.1 Å². The number of nitrogens with one attached hydrogen (secondary N) is 2. The Bertz CT molecular complexity index is 639. The predicted octanol–water partition coefficient (Wildman–Crippen LogP) is 1.50. The summed E-state index contributed by atoms with van der Waals surface area (Å²) in [6.45, 7) is 1.64. The molecule has 0 aromatic heterocycles. The molecule has 1 aliphatic rings. The van der Waals surface area contributed by atoms with Gasteiger partial charge in [0.25, 0.3) is 0 Å². The van der Waals surface area contributed by atoms with Crippen molar-refractivity contribution in [2.24, 2.45) is 0 Å². The van der Waals surface area contributed by atoms with Crippen LogP contribution in [0.2, 0.25) is 0 Å². The minimum atomic E-state index is -0.689. The monoisotopic (exact) mass is 306 g/mol. The van der Waals surface area contributed by atoms with Gasteiger partial charge in [0.15, 0.2) is 11.5 Å². The Labute approximate surface area is 128 Å². The average Bonchev–Trinajstić information content (AvgIpc) is 2.52. The standard InChI is InChI=1S/C15H18N2O5/c1-8-11(14(18)22-4)12(17-15(19)16-8)9-6-5-7-10(20-2)13(9)21-3/h5-7,12H,1-4H3,(H2,16,17,19). The van der Waals surface area contributed by atoms with Crippen molar-refractivity contribution in [3.05, 3.63) is 35.0 Å². The van der Waals surface area contributed by atoms with Crippen LogP contribution in [0.4, 0.5) is 4.79 Å². The zero-order valence-electron chi connectivity index (χ0n) is 12.9. The molecule has 22 heavy (non-hydrogen) atoms. The second kappa shape index (κ2) is 6.38. The summed E-state index contributed by atoms with van der Waals surface area (Å²) in [6.07, 6.45) is 0. The first-order valence-electron chi connectivity index (χ1n) is 6.61. The van der Waals surface area contributed by atoms with E-state index in [0.717, 1.165) is 0 Å². The summed E-state index contributed by atoms with van der Waals surface area (Å²) in [5.74, 6) is 0.431. The van der Waals surface area contributed by atoms with Crippen LogP contribution in [0.25, 0.3) is 0 Å². The molecule has 118 valence electrons. The number of esters is 1. The molecular weight excluding hydrogens is 288 g/mol. The summed E-state index contributed by atoms with van der Waals surface area (Å²) in [4.78, 5) is 23.9. The molecule has 1 aliphatic heterocycles. The molecule has 2 N–H and O–H groups in total. The van der Waals surface area contributed by atoms with Crippen LogP contribution in [-0.4, -0.2) is 33.3 Å². The number of allylic oxidation sites excluding steroid dienone is 1. The molecule has 2 rings (SSSR count). The van der Waals surface area contributed by atoms with Crippen LogP contribution in [0, 0.1) is 0 Å². The zero-order chi connectivity index (χ0) is 16.3. The highest BCUT2D eigenvalue weighted by atomic mass is 16.5. The number of carbonyl (C=O) groups is 2. The molecule has 1 aromatic rings. The Kier molecular flexibility index (Phi) is 4.55. The number of para-hydroxylation sites is 1. The summed E-state index contributed by atoms with van der Waals surface area (Å²) in [5.41, 5.74) is 1.36. The van der Waals surface area contributed by atoms with Crippen molar-refractivity contribution in [3.63, 3.8) is 0 Å². The summed E-state index contributed by atoms with van der Waals surface area (Å²) in [7, 11) is 4.31. The number of benzene rings is 1. The van der Waals surface area contributed by atoms with E-state index in [4.69, 9.17) is 14.2 Å². The Morgan fingerprint density at radius 1 is 1.18 bits per heavy atom. The number of urea groups is 1. The van der Waals surface area contributed by atoms with Gasteiger partial charge in [-0.1, -0.05) is 12.1 Å². The smallest absolute Gasteiger partial charge is 0.337 e. The number of rotatable bonds is 4. The maximum atomic E-state index is 12.1. The normalized spacial score (nSPS) is 17.5.